The van der Waals surface area contributed by atoms with E-state index in [1.54, 1.807) is 125 Å². The van der Waals surface area contributed by atoms with Crippen molar-refractivity contribution in [2.45, 2.75) is 58.8 Å². The maximum atomic E-state index is 14.3. The zero-order valence-corrected chi connectivity index (χ0v) is 56.1. The van der Waals surface area contributed by atoms with Crippen molar-refractivity contribution < 1.29 is 65.5 Å². The molecule has 486 valence electrons. The summed E-state index contributed by atoms with van der Waals surface area (Å²) in [4.78, 5) is 57.2. The van der Waals surface area contributed by atoms with E-state index in [2.05, 4.69) is 50.2 Å². The summed E-state index contributed by atoms with van der Waals surface area (Å²) < 4.78 is 84.4. The van der Waals surface area contributed by atoms with Gasteiger partial charge in [0, 0.05) is 105 Å². The summed E-state index contributed by atoms with van der Waals surface area (Å²) >= 11 is 0. The van der Waals surface area contributed by atoms with Crippen LogP contribution in [-0.4, -0.2) is 167 Å². The number of esters is 3. The molecule has 0 bridgehead atoms. The molecule has 0 aliphatic carbocycles. The number of rotatable bonds is 26. The molecule has 24 heteroatoms. The molecule has 0 radical (unpaired) electrons. The number of nitrogens with two attached hydrogens (primary N) is 1. The van der Waals surface area contributed by atoms with Gasteiger partial charge in [-0.05, 0) is 149 Å². The average molecular weight is 1310 g/mol. The molecule has 1 fully saturated rings. The van der Waals surface area contributed by atoms with Gasteiger partial charge in [0.15, 0.2) is 19.8 Å². The smallest absolute Gasteiger partial charge is 0.343 e. The number of hydrogen-bond acceptors (Lipinski definition) is 21. The Balaban J connectivity index is 1.28. The van der Waals surface area contributed by atoms with Crippen LogP contribution in [-0.2, 0) is 71.0 Å². The highest BCUT2D eigenvalue weighted by atomic mass is 31.2. The van der Waals surface area contributed by atoms with Gasteiger partial charge in [-0.15, -0.1) is 0 Å². The molecule has 1 aliphatic rings. The first-order chi connectivity index (χ1) is 44.3. The second kappa shape index (κ2) is 35.8. The zero-order chi connectivity index (χ0) is 66.0. The molecule has 4 atom stereocenters. The third-order valence-corrected chi connectivity index (χ3v) is 19.1. The molecular weight excluding hydrogens is 1230 g/mol. The van der Waals surface area contributed by atoms with E-state index in [1.807, 2.05) is 18.2 Å². The Hall–Kier alpha value is -7.95. The van der Waals surface area contributed by atoms with E-state index in [1.165, 1.54) is 21.3 Å². The van der Waals surface area contributed by atoms with Gasteiger partial charge in [-0.1, -0.05) is 41.9 Å². The van der Waals surface area contributed by atoms with Crippen LogP contribution in [0.2, 0.25) is 0 Å². The van der Waals surface area contributed by atoms with Crippen molar-refractivity contribution in [3.05, 3.63) is 160 Å². The predicted octanol–water partition coefficient (Wildman–Crippen LogP) is 7.00. The summed E-state index contributed by atoms with van der Waals surface area (Å²) in [5.74, 6) is 19.4. The molecule has 4 heterocycles. The van der Waals surface area contributed by atoms with Crippen LogP contribution in [0.3, 0.4) is 0 Å². The fraction of sp³-hybridized carbons (Fsp3) is 0.382. The molecule has 0 spiro atoms. The highest BCUT2D eigenvalue weighted by molar-refractivity contribution is 7.66. The van der Waals surface area contributed by atoms with Crippen LogP contribution in [0.15, 0.2) is 109 Å². The molecule has 3 unspecified atom stereocenters. The van der Waals surface area contributed by atoms with Gasteiger partial charge in [0.05, 0.1) is 57.1 Å². The van der Waals surface area contributed by atoms with E-state index in [0.29, 0.717) is 132 Å². The predicted molar refractivity (Wildman–Crippen MR) is 354 cm³/mol. The number of ether oxygens (including phenoxy) is 6. The maximum absolute atomic E-state index is 14.3. The third kappa shape index (κ3) is 23.0. The number of methoxy groups -OCH3 is 3. The lowest BCUT2D eigenvalue weighted by molar-refractivity contribution is -0.143. The van der Waals surface area contributed by atoms with Crippen LogP contribution < -0.4 is 36.2 Å². The van der Waals surface area contributed by atoms with Crippen LogP contribution in [0.5, 0.6) is 17.2 Å². The lowest BCUT2D eigenvalue weighted by atomic mass is 10.1. The molecular formula is C68H80N7O14P3. The Labute approximate surface area is 540 Å². The van der Waals surface area contributed by atoms with Gasteiger partial charge in [0.1, 0.15) is 35.9 Å². The second-order valence-corrected chi connectivity index (χ2v) is 28.0. The van der Waals surface area contributed by atoms with Crippen molar-refractivity contribution in [2.24, 2.45) is 5.73 Å². The van der Waals surface area contributed by atoms with Crippen molar-refractivity contribution in [1.29, 1.82) is 0 Å². The summed E-state index contributed by atoms with van der Waals surface area (Å²) in [5, 5.41) is 0. The number of aromatic nitrogens is 3. The average Bonchev–Trinajstić information content (AvgIpc) is 1.11. The Kier molecular flexibility index (Phi) is 27.8. The summed E-state index contributed by atoms with van der Waals surface area (Å²) in [6, 6.07) is 31.9. The summed E-state index contributed by atoms with van der Waals surface area (Å²) in [6.07, 6.45) is 2.39. The standard InChI is InChI=1S/C68H80N7O14P3/c1-9-88-91(7,80)64-41-54(18-15-51-22-28-61(29-23-51)86-48-67(77)83-4)38-57(71-64)43-73-33-34-74(44-56-37-53(40-63(70-56)90(6)79)17-14-50-20-26-60(27-21-50)85-47-66(76)82-3)46-59(13-11-12-32-69)75(36-35-73)45-58-39-55(42-65(72-58)92(8,81)89-10-2)19-16-52-24-30-62(31-25-52)87-49-68(78)84-5/h20-31,37-42,59,90H,9-13,32-36,43-49,69H2,1-8H3/t59-,91?,92?/m0/s1. The maximum Gasteiger partial charge on any atom is 0.343 e. The van der Waals surface area contributed by atoms with Gasteiger partial charge >= 0.3 is 17.9 Å². The highest BCUT2D eigenvalue weighted by Gasteiger charge is 2.29. The topological polar surface area (TPSA) is 251 Å². The van der Waals surface area contributed by atoms with Gasteiger partial charge in [0.2, 0.25) is 14.7 Å². The normalized spacial score (nSPS) is 15.3. The minimum atomic E-state index is -3.44. The van der Waals surface area contributed by atoms with Crippen molar-refractivity contribution >= 4 is 56.8 Å². The Bertz CT molecular complexity index is 3820. The van der Waals surface area contributed by atoms with E-state index in [-0.39, 0.29) is 49.9 Å². The molecule has 2 N–H and O–H groups in total. The Morgan fingerprint density at radius 2 is 0.913 bits per heavy atom. The molecule has 0 amide bonds. The third-order valence-electron chi connectivity index (χ3n) is 14.5. The molecule has 3 aromatic carbocycles. The number of carbonyl (C=O) groups excluding carboxylic acids is 3. The zero-order valence-electron chi connectivity index (χ0n) is 53.4. The largest absolute Gasteiger partial charge is 0.482 e. The van der Waals surface area contributed by atoms with Crippen molar-refractivity contribution in [3.8, 4) is 52.8 Å². The fourth-order valence-electron chi connectivity index (χ4n) is 9.68. The molecule has 0 saturated carbocycles. The SMILES string of the molecule is CCOP(C)(=O)c1cc(C#Cc2ccc(OCC(=O)OC)cc2)cc(CN2CCN(Cc3cc(C#Cc4ccc(OCC(=O)OC)cc4)cc([PH](C)=O)n3)C[C@H](CCCCN)N(Cc3cc(C#Cc4ccc(OCC(=O)OC)cc4)cc(P(C)(=O)OCC)n3)CC2)n1. The molecule has 1 aliphatic heterocycles. The first-order valence-electron chi connectivity index (χ1n) is 30.1. The number of pyridine rings is 3. The molecule has 1 saturated heterocycles. The lowest BCUT2D eigenvalue weighted by Crippen LogP contribution is -2.44. The van der Waals surface area contributed by atoms with Crippen LogP contribution in [0.1, 0.15) is 83.6 Å². The van der Waals surface area contributed by atoms with E-state index >= 15 is 0 Å². The molecule has 92 heavy (non-hydrogen) atoms. The van der Waals surface area contributed by atoms with E-state index in [0.717, 1.165) is 19.3 Å². The number of hydrogen-bond donors (Lipinski definition) is 1. The summed E-state index contributed by atoms with van der Waals surface area (Å²) in [6.45, 7) is 12.4. The van der Waals surface area contributed by atoms with Gasteiger partial charge in [-0.3, -0.25) is 23.8 Å². The number of benzene rings is 3. The second-order valence-electron chi connectivity index (χ2n) is 21.6. The van der Waals surface area contributed by atoms with Gasteiger partial charge in [0.25, 0.3) is 0 Å². The lowest BCUT2D eigenvalue weighted by Gasteiger charge is -2.35. The monoisotopic (exact) mass is 1310 g/mol. The van der Waals surface area contributed by atoms with Crippen LogP contribution in [0.25, 0.3) is 0 Å². The molecule has 6 aromatic rings. The molecule has 3 aromatic heterocycles. The van der Waals surface area contributed by atoms with Gasteiger partial charge < -0.3 is 47.8 Å². The van der Waals surface area contributed by atoms with E-state index in [9.17, 15) is 28.1 Å². The van der Waals surface area contributed by atoms with Crippen LogP contribution in [0, 0.1) is 35.5 Å². The minimum absolute atomic E-state index is 0.0805. The quantitative estimate of drug-likeness (QED) is 0.0189. The molecule has 7 rings (SSSR count). The number of unbranched alkanes of at least 4 members (excludes halogenated alkanes) is 1. The van der Waals surface area contributed by atoms with Crippen molar-refractivity contribution in [3.63, 3.8) is 0 Å². The molecule has 21 nitrogen and oxygen atoms in total. The van der Waals surface area contributed by atoms with Gasteiger partial charge in [-0.2, -0.15) is 0 Å². The minimum Gasteiger partial charge on any atom is -0.482 e. The fourth-order valence-corrected chi connectivity index (χ4v) is 13.0. The van der Waals surface area contributed by atoms with Crippen LogP contribution >= 0.6 is 22.5 Å². The first kappa shape index (κ1) is 71.5. The Morgan fingerprint density at radius 3 is 1.33 bits per heavy atom. The van der Waals surface area contributed by atoms with Crippen molar-refractivity contribution in [2.75, 3.05) is 114 Å². The first-order valence-corrected chi connectivity index (χ1v) is 36.2. The van der Waals surface area contributed by atoms with Crippen LogP contribution in [0.4, 0.5) is 0 Å². The van der Waals surface area contributed by atoms with E-state index < -0.39 is 40.4 Å². The summed E-state index contributed by atoms with van der Waals surface area (Å²) in [7, 11) is -5.25. The van der Waals surface area contributed by atoms with Crippen molar-refractivity contribution in [1.82, 2.24) is 29.7 Å². The van der Waals surface area contributed by atoms with Gasteiger partial charge in [-0.25, -0.2) is 29.3 Å². The number of nitrogens with zero attached hydrogens (tertiary/aromatic N) is 6. The van der Waals surface area contributed by atoms with E-state index in [4.69, 9.17) is 58.2 Å². The number of carbonyl (C=O) groups is 3. The Morgan fingerprint density at radius 1 is 0.533 bits per heavy atom. The highest BCUT2D eigenvalue weighted by Crippen LogP contribution is 2.41. The summed E-state index contributed by atoms with van der Waals surface area (Å²) in [5.41, 5.74) is 13.0.